The molecule has 1 aromatic rings. The van der Waals surface area contributed by atoms with Crippen molar-refractivity contribution in [1.29, 1.82) is 0 Å². The van der Waals surface area contributed by atoms with E-state index in [1.54, 1.807) is 0 Å². The second-order valence-corrected chi connectivity index (χ2v) is 6.59. The summed E-state index contributed by atoms with van der Waals surface area (Å²) >= 11 is 1.88. The van der Waals surface area contributed by atoms with Crippen LogP contribution >= 0.6 is 11.3 Å². The highest BCUT2D eigenvalue weighted by atomic mass is 32.1. The van der Waals surface area contributed by atoms with Gasteiger partial charge in [-0.25, -0.2) is 0 Å². The molecule has 2 aliphatic rings. The lowest BCUT2D eigenvalue weighted by atomic mass is 9.82. The van der Waals surface area contributed by atoms with Crippen LogP contribution in [0.15, 0.2) is 17.5 Å². The van der Waals surface area contributed by atoms with Crippen molar-refractivity contribution in [1.82, 2.24) is 5.32 Å². The summed E-state index contributed by atoms with van der Waals surface area (Å²) in [6.45, 7) is 3.29. The fourth-order valence-electron chi connectivity index (χ4n) is 3.58. The smallest absolute Gasteiger partial charge is 0.0623 e. The van der Waals surface area contributed by atoms with Crippen molar-refractivity contribution < 1.29 is 4.74 Å². The molecule has 0 saturated carbocycles. The summed E-state index contributed by atoms with van der Waals surface area (Å²) in [7, 11) is 0. The maximum atomic E-state index is 6.01. The van der Waals surface area contributed by atoms with E-state index in [1.165, 1.54) is 37.0 Å². The van der Waals surface area contributed by atoms with Crippen LogP contribution < -0.4 is 5.32 Å². The minimum absolute atomic E-state index is 0.544. The van der Waals surface area contributed by atoms with Gasteiger partial charge in [-0.1, -0.05) is 13.0 Å². The largest absolute Gasteiger partial charge is 0.375 e. The zero-order valence-corrected chi connectivity index (χ0v) is 11.9. The summed E-state index contributed by atoms with van der Waals surface area (Å²) in [5, 5.41) is 5.88. The van der Waals surface area contributed by atoms with E-state index < -0.39 is 0 Å². The number of thiophene rings is 1. The van der Waals surface area contributed by atoms with E-state index in [4.69, 9.17) is 4.74 Å². The van der Waals surface area contributed by atoms with E-state index in [0.29, 0.717) is 18.2 Å². The Kier molecular flexibility index (Phi) is 4.02. The molecular weight excluding hydrogens is 242 g/mol. The Balaban J connectivity index is 1.58. The van der Waals surface area contributed by atoms with Crippen LogP contribution in [0.3, 0.4) is 0 Å². The molecular formula is C15H23NOS. The molecule has 2 aliphatic heterocycles. The predicted octanol–water partition coefficient (Wildman–Crippen LogP) is 3.23. The van der Waals surface area contributed by atoms with Gasteiger partial charge in [0.1, 0.15) is 0 Å². The Bertz CT molecular complexity index is 365. The van der Waals surface area contributed by atoms with Gasteiger partial charge in [0.05, 0.1) is 12.2 Å². The molecule has 4 unspecified atom stereocenters. The molecule has 1 aromatic heterocycles. The van der Waals surface area contributed by atoms with Crippen LogP contribution in [-0.2, 0) is 11.2 Å². The molecule has 3 heteroatoms. The van der Waals surface area contributed by atoms with Crippen molar-refractivity contribution in [3.8, 4) is 0 Å². The second-order valence-electron chi connectivity index (χ2n) is 5.56. The van der Waals surface area contributed by atoms with Crippen LogP contribution in [0, 0.1) is 5.92 Å². The van der Waals surface area contributed by atoms with Crippen molar-refractivity contribution in [2.75, 3.05) is 6.54 Å². The van der Waals surface area contributed by atoms with Crippen LogP contribution in [0.1, 0.15) is 37.5 Å². The first-order valence-electron chi connectivity index (χ1n) is 7.28. The number of hydrogen-bond acceptors (Lipinski definition) is 3. The summed E-state index contributed by atoms with van der Waals surface area (Å²) in [5.74, 6) is 0.753. The lowest BCUT2D eigenvalue weighted by molar-refractivity contribution is 0.0851. The molecule has 3 heterocycles. The Labute approximate surface area is 114 Å². The van der Waals surface area contributed by atoms with Gasteiger partial charge in [-0.3, -0.25) is 0 Å². The molecule has 2 nitrogen and oxygen atoms in total. The maximum Gasteiger partial charge on any atom is 0.0623 e. The average molecular weight is 265 g/mol. The van der Waals surface area contributed by atoms with E-state index >= 15 is 0 Å². The standard InChI is InChI=1S/C15H23NOS/c1-2-16-14(7-6-12-4-3-9-18-12)13-10-11-5-8-15(13)17-11/h3-4,9,11,13-16H,2,5-8,10H2,1H3. The first kappa shape index (κ1) is 12.6. The predicted molar refractivity (Wildman–Crippen MR) is 76.1 cm³/mol. The van der Waals surface area contributed by atoms with Crippen molar-refractivity contribution >= 4 is 11.3 Å². The van der Waals surface area contributed by atoms with Crippen molar-refractivity contribution in [3.63, 3.8) is 0 Å². The molecule has 0 radical (unpaired) electrons. The van der Waals surface area contributed by atoms with E-state index in [9.17, 15) is 0 Å². The highest BCUT2D eigenvalue weighted by Gasteiger charge is 2.43. The quantitative estimate of drug-likeness (QED) is 0.852. The molecule has 0 spiro atoms. The van der Waals surface area contributed by atoms with Gasteiger partial charge in [0.25, 0.3) is 0 Å². The third-order valence-corrected chi connectivity index (χ3v) is 5.35. The Morgan fingerprint density at radius 2 is 2.44 bits per heavy atom. The van der Waals surface area contributed by atoms with Gasteiger partial charge in [-0.15, -0.1) is 11.3 Å². The van der Waals surface area contributed by atoms with Crippen molar-refractivity contribution in [2.24, 2.45) is 5.92 Å². The molecule has 0 aromatic carbocycles. The molecule has 2 bridgehead atoms. The van der Waals surface area contributed by atoms with Gasteiger partial charge in [0.15, 0.2) is 0 Å². The highest BCUT2D eigenvalue weighted by molar-refractivity contribution is 7.09. The minimum Gasteiger partial charge on any atom is -0.375 e. The van der Waals surface area contributed by atoms with Gasteiger partial charge < -0.3 is 10.1 Å². The first-order valence-corrected chi connectivity index (χ1v) is 8.16. The Morgan fingerprint density at radius 1 is 1.50 bits per heavy atom. The van der Waals surface area contributed by atoms with Crippen molar-refractivity contribution in [3.05, 3.63) is 22.4 Å². The number of rotatable bonds is 6. The number of hydrogen-bond donors (Lipinski definition) is 1. The normalized spacial score (nSPS) is 31.9. The van der Waals surface area contributed by atoms with Crippen LogP contribution in [0.25, 0.3) is 0 Å². The van der Waals surface area contributed by atoms with Gasteiger partial charge in [-0.05, 0) is 50.1 Å². The van der Waals surface area contributed by atoms with Gasteiger partial charge in [0.2, 0.25) is 0 Å². The molecule has 4 atom stereocenters. The average Bonchev–Trinajstić information content (AvgIpc) is 3.10. The zero-order chi connectivity index (χ0) is 12.4. The fourth-order valence-corrected chi connectivity index (χ4v) is 4.31. The first-order chi connectivity index (χ1) is 8.86. The van der Waals surface area contributed by atoms with E-state index in [0.717, 1.165) is 12.5 Å². The highest BCUT2D eigenvalue weighted by Crippen LogP contribution is 2.41. The summed E-state index contributed by atoms with van der Waals surface area (Å²) in [4.78, 5) is 1.52. The summed E-state index contributed by atoms with van der Waals surface area (Å²) in [6, 6.07) is 5.06. The number of fused-ring (bicyclic) bond motifs is 2. The summed E-state index contributed by atoms with van der Waals surface area (Å²) in [5.41, 5.74) is 0. The zero-order valence-electron chi connectivity index (χ0n) is 11.1. The van der Waals surface area contributed by atoms with Crippen LogP contribution in [-0.4, -0.2) is 24.8 Å². The topological polar surface area (TPSA) is 21.3 Å². The summed E-state index contributed by atoms with van der Waals surface area (Å²) < 4.78 is 6.01. The fraction of sp³-hybridized carbons (Fsp3) is 0.733. The lowest BCUT2D eigenvalue weighted by Gasteiger charge is -2.29. The monoisotopic (exact) mass is 265 g/mol. The van der Waals surface area contributed by atoms with Crippen LogP contribution in [0.4, 0.5) is 0 Å². The number of aryl methyl sites for hydroxylation is 1. The van der Waals surface area contributed by atoms with Gasteiger partial charge in [-0.2, -0.15) is 0 Å². The number of nitrogens with one attached hydrogen (secondary N) is 1. The molecule has 18 heavy (non-hydrogen) atoms. The molecule has 0 amide bonds. The second kappa shape index (κ2) is 5.72. The molecule has 1 N–H and O–H groups in total. The maximum absolute atomic E-state index is 6.01. The van der Waals surface area contributed by atoms with Gasteiger partial charge >= 0.3 is 0 Å². The SMILES string of the molecule is CCNC(CCc1cccs1)C1CC2CCC1O2. The molecule has 2 saturated heterocycles. The van der Waals surface area contributed by atoms with E-state index in [-0.39, 0.29) is 0 Å². The van der Waals surface area contributed by atoms with Crippen molar-refractivity contribution in [2.45, 2.75) is 57.3 Å². The van der Waals surface area contributed by atoms with Crippen LogP contribution in [0.2, 0.25) is 0 Å². The summed E-state index contributed by atoms with van der Waals surface area (Å²) in [6.07, 6.45) is 7.45. The minimum atomic E-state index is 0.544. The van der Waals surface area contributed by atoms with E-state index in [2.05, 4.69) is 29.8 Å². The lowest BCUT2D eigenvalue weighted by Crippen LogP contribution is -2.41. The molecule has 0 aliphatic carbocycles. The third-order valence-electron chi connectivity index (χ3n) is 4.42. The molecule has 2 fully saturated rings. The number of ether oxygens (including phenoxy) is 1. The van der Waals surface area contributed by atoms with E-state index in [1.807, 2.05) is 11.3 Å². The molecule has 100 valence electrons. The molecule has 3 rings (SSSR count). The Morgan fingerprint density at radius 3 is 3.06 bits per heavy atom. The Hall–Kier alpha value is -0.380. The van der Waals surface area contributed by atoms with Crippen LogP contribution in [0.5, 0.6) is 0 Å². The van der Waals surface area contributed by atoms with Gasteiger partial charge in [0, 0.05) is 16.8 Å². The third kappa shape index (κ3) is 2.63.